The van der Waals surface area contributed by atoms with Gasteiger partial charge in [0.2, 0.25) is 0 Å². The third-order valence-electron chi connectivity index (χ3n) is 3.34. The van der Waals surface area contributed by atoms with Gasteiger partial charge in [-0.15, -0.1) is 11.3 Å². The summed E-state index contributed by atoms with van der Waals surface area (Å²) in [5.74, 6) is 0.346. The predicted octanol–water partition coefficient (Wildman–Crippen LogP) is 4.26. The highest BCUT2D eigenvalue weighted by Crippen LogP contribution is 2.30. The van der Waals surface area contributed by atoms with Gasteiger partial charge in [0.1, 0.15) is 4.21 Å². The van der Waals surface area contributed by atoms with Crippen LogP contribution >= 0.6 is 27.3 Å². The van der Waals surface area contributed by atoms with Crippen LogP contribution in [0.1, 0.15) is 12.5 Å². The number of hydrogen-bond acceptors (Lipinski definition) is 4. The number of hydrogen-bond donors (Lipinski definition) is 2. The summed E-state index contributed by atoms with van der Waals surface area (Å²) < 4.78 is 28.5. The van der Waals surface area contributed by atoms with Crippen molar-refractivity contribution in [1.29, 1.82) is 0 Å². The molecule has 0 unspecified atom stereocenters. The summed E-state index contributed by atoms with van der Waals surface area (Å²) >= 11 is 4.58. The van der Waals surface area contributed by atoms with Gasteiger partial charge in [0.15, 0.2) is 5.82 Å². The first-order valence-electron chi connectivity index (χ1n) is 6.90. The molecule has 0 aliphatic carbocycles. The largest absolute Gasteiger partial charge is 0.275 e. The first kappa shape index (κ1) is 16.2. The summed E-state index contributed by atoms with van der Waals surface area (Å²) in [6.45, 7) is 1.97. The van der Waals surface area contributed by atoms with E-state index in [-0.39, 0.29) is 4.21 Å². The van der Waals surface area contributed by atoms with Crippen LogP contribution in [0.2, 0.25) is 0 Å². The van der Waals surface area contributed by atoms with Gasteiger partial charge < -0.3 is 0 Å². The van der Waals surface area contributed by atoms with Gasteiger partial charge in [0, 0.05) is 10.0 Å². The third kappa shape index (κ3) is 3.34. The molecule has 0 saturated heterocycles. The number of H-pyrrole nitrogens is 1. The van der Waals surface area contributed by atoms with Crippen molar-refractivity contribution in [3.63, 3.8) is 0 Å². The fraction of sp³-hybridized carbons (Fsp3) is 0.133. The number of aromatic nitrogens is 2. The second kappa shape index (κ2) is 6.46. The third-order valence-corrected chi connectivity index (χ3v) is 6.61. The van der Waals surface area contributed by atoms with Gasteiger partial charge in [-0.3, -0.25) is 9.82 Å². The van der Waals surface area contributed by atoms with Crippen LogP contribution < -0.4 is 4.72 Å². The Labute approximate surface area is 146 Å². The van der Waals surface area contributed by atoms with Crippen LogP contribution in [0.5, 0.6) is 0 Å². The minimum Gasteiger partial charge on any atom is -0.275 e. The van der Waals surface area contributed by atoms with Gasteiger partial charge in [-0.25, -0.2) is 8.42 Å². The number of nitrogens with one attached hydrogen (secondary N) is 2. The lowest BCUT2D eigenvalue weighted by atomic mass is 10.1. The molecule has 0 bridgehead atoms. The van der Waals surface area contributed by atoms with E-state index in [0.29, 0.717) is 12.2 Å². The summed E-state index contributed by atoms with van der Waals surface area (Å²) in [6, 6.07) is 11.1. The maximum absolute atomic E-state index is 12.4. The van der Waals surface area contributed by atoms with Crippen LogP contribution in [0.4, 0.5) is 5.82 Å². The Morgan fingerprint density at radius 1 is 1.26 bits per heavy atom. The first-order chi connectivity index (χ1) is 11.0. The number of benzene rings is 1. The zero-order chi connectivity index (χ0) is 16.4. The average Bonchev–Trinajstić information content (AvgIpc) is 3.17. The number of anilines is 1. The van der Waals surface area contributed by atoms with E-state index in [9.17, 15) is 8.42 Å². The quantitative estimate of drug-likeness (QED) is 0.658. The van der Waals surface area contributed by atoms with Crippen molar-refractivity contribution in [2.24, 2.45) is 0 Å². The molecule has 5 nitrogen and oxygen atoms in total. The molecular formula is C15H14BrN3O2S2. The van der Waals surface area contributed by atoms with E-state index in [1.54, 1.807) is 17.5 Å². The first-order valence-corrected chi connectivity index (χ1v) is 10.1. The van der Waals surface area contributed by atoms with E-state index in [1.807, 2.05) is 31.2 Å². The van der Waals surface area contributed by atoms with Crippen LogP contribution in [0.3, 0.4) is 0 Å². The number of halogens is 1. The van der Waals surface area contributed by atoms with Gasteiger partial charge in [0.05, 0.1) is 5.69 Å². The molecule has 3 aromatic rings. The van der Waals surface area contributed by atoms with Gasteiger partial charge in [-0.05, 0) is 35.6 Å². The SMILES string of the molecule is CCc1c(NS(=O)(=O)c2cccs2)n[nH]c1-c1ccc(Br)cc1. The molecule has 0 aliphatic heterocycles. The number of thiophene rings is 1. The highest BCUT2D eigenvalue weighted by molar-refractivity contribution is 9.10. The van der Waals surface area contributed by atoms with Crippen LogP contribution in [0.15, 0.2) is 50.5 Å². The van der Waals surface area contributed by atoms with E-state index in [1.165, 1.54) is 11.3 Å². The Hall–Kier alpha value is -1.64. The van der Waals surface area contributed by atoms with Crippen molar-refractivity contribution in [3.05, 3.63) is 51.8 Å². The normalized spacial score (nSPS) is 11.6. The Bertz CT molecular complexity index is 901. The highest BCUT2D eigenvalue weighted by atomic mass is 79.9. The van der Waals surface area contributed by atoms with E-state index in [4.69, 9.17) is 0 Å². The maximum atomic E-state index is 12.4. The van der Waals surface area contributed by atoms with Gasteiger partial charge in [-0.1, -0.05) is 41.1 Å². The van der Waals surface area contributed by atoms with Crippen molar-refractivity contribution in [3.8, 4) is 11.3 Å². The van der Waals surface area contributed by atoms with Gasteiger partial charge in [-0.2, -0.15) is 5.10 Å². The number of nitrogens with zero attached hydrogens (tertiary/aromatic N) is 1. The molecule has 1 aromatic carbocycles. The molecule has 23 heavy (non-hydrogen) atoms. The van der Waals surface area contributed by atoms with Crippen LogP contribution in [0.25, 0.3) is 11.3 Å². The lowest BCUT2D eigenvalue weighted by Gasteiger charge is -2.06. The molecule has 0 fully saturated rings. The highest BCUT2D eigenvalue weighted by Gasteiger charge is 2.20. The lowest BCUT2D eigenvalue weighted by molar-refractivity contribution is 0.603. The minimum absolute atomic E-state index is 0.271. The second-order valence-electron chi connectivity index (χ2n) is 4.82. The van der Waals surface area contributed by atoms with Crippen LogP contribution in [0, 0.1) is 0 Å². The monoisotopic (exact) mass is 411 g/mol. The molecule has 0 saturated carbocycles. The van der Waals surface area contributed by atoms with Gasteiger partial charge >= 0.3 is 0 Å². The number of aromatic amines is 1. The summed E-state index contributed by atoms with van der Waals surface area (Å²) in [4.78, 5) is 0. The van der Waals surface area contributed by atoms with E-state index < -0.39 is 10.0 Å². The Morgan fingerprint density at radius 3 is 2.61 bits per heavy atom. The molecule has 2 aromatic heterocycles. The molecule has 8 heteroatoms. The predicted molar refractivity (Wildman–Crippen MR) is 96.2 cm³/mol. The number of sulfonamides is 1. The topological polar surface area (TPSA) is 74.8 Å². The zero-order valence-corrected chi connectivity index (χ0v) is 15.4. The molecule has 2 heterocycles. The Morgan fingerprint density at radius 2 is 2.00 bits per heavy atom. The Balaban J connectivity index is 1.97. The van der Waals surface area contributed by atoms with E-state index in [0.717, 1.165) is 21.3 Å². The number of rotatable bonds is 5. The van der Waals surface area contributed by atoms with Crippen molar-refractivity contribution < 1.29 is 8.42 Å². The summed E-state index contributed by atoms with van der Waals surface area (Å²) in [6.07, 6.45) is 0.657. The molecular weight excluding hydrogens is 398 g/mol. The molecule has 0 aliphatic rings. The van der Waals surface area contributed by atoms with E-state index >= 15 is 0 Å². The van der Waals surface area contributed by atoms with Crippen molar-refractivity contribution in [1.82, 2.24) is 10.2 Å². The lowest BCUT2D eigenvalue weighted by Crippen LogP contribution is -2.12. The molecule has 2 N–H and O–H groups in total. The fourth-order valence-electron chi connectivity index (χ4n) is 2.24. The summed E-state index contributed by atoms with van der Waals surface area (Å²) in [7, 11) is -3.60. The average molecular weight is 412 g/mol. The molecule has 3 rings (SSSR count). The molecule has 120 valence electrons. The standard InChI is InChI=1S/C15H14BrN3O2S2/c1-2-12-14(10-5-7-11(16)8-6-10)17-18-15(12)19-23(20,21)13-4-3-9-22-13/h3-9H,2H2,1H3,(H2,17,18,19). The van der Waals surface area contributed by atoms with Crippen LogP contribution in [-0.2, 0) is 16.4 Å². The Kier molecular flexibility index (Phi) is 4.56. The second-order valence-corrected chi connectivity index (χ2v) is 8.60. The molecule has 0 amide bonds. The van der Waals surface area contributed by atoms with Crippen molar-refractivity contribution >= 4 is 43.1 Å². The maximum Gasteiger partial charge on any atom is 0.272 e. The van der Waals surface area contributed by atoms with Crippen LogP contribution in [-0.4, -0.2) is 18.6 Å². The smallest absolute Gasteiger partial charge is 0.272 e. The fourth-order valence-corrected chi connectivity index (χ4v) is 4.54. The zero-order valence-electron chi connectivity index (χ0n) is 12.2. The summed E-state index contributed by atoms with van der Waals surface area (Å²) in [5, 5.41) is 8.83. The minimum atomic E-state index is -3.60. The van der Waals surface area contributed by atoms with Crippen molar-refractivity contribution in [2.75, 3.05) is 4.72 Å². The molecule has 0 spiro atoms. The van der Waals surface area contributed by atoms with Crippen molar-refractivity contribution in [2.45, 2.75) is 17.6 Å². The van der Waals surface area contributed by atoms with E-state index in [2.05, 4.69) is 30.8 Å². The summed E-state index contributed by atoms with van der Waals surface area (Å²) in [5.41, 5.74) is 2.62. The van der Waals surface area contributed by atoms with Gasteiger partial charge in [0.25, 0.3) is 10.0 Å². The molecule has 0 atom stereocenters. The molecule has 0 radical (unpaired) electrons.